The summed E-state index contributed by atoms with van der Waals surface area (Å²) < 4.78 is 6.28. The molecule has 0 radical (unpaired) electrons. The SMILES string of the molecule is CC.CC(C)(C)OC(=O)N1CCCC1CC(=O)Nc1cc(Br)ccc1NCCO. The first-order chi connectivity index (χ1) is 13.7. The molecule has 1 unspecified atom stereocenters. The van der Waals surface area contributed by atoms with Crippen molar-refractivity contribution in [1.82, 2.24) is 4.90 Å². The predicted octanol–water partition coefficient (Wildman–Crippen LogP) is 4.61. The van der Waals surface area contributed by atoms with E-state index in [2.05, 4.69) is 26.6 Å². The topological polar surface area (TPSA) is 90.9 Å². The third kappa shape index (κ3) is 8.62. The highest BCUT2D eigenvalue weighted by atomic mass is 79.9. The fourth-order valence-corrected chi connectivity index (χ4v) is 3.35. The third-order valence-electron chi connectivity index (χ3n) is 4.11. The van der Waals surface area contributed by atoms with E-state index >= 15 is 0 Å². The number of amides is 2. The zero-order valence-corrected chi connectivity index (χ0v) is 19.6. The van der Waals surface area contributed by atoms with E-state index in [-0.39, 0.29) is 31.1 Å². The Balaban J connectivity index is 0.00000204. The van der Waals surface area contributed by atoms with Gasteiger partial charge in [-0.1, -0.05) is 29.8 Å². The van der Waals surface area contributed by atoms with Gasteiger partial charge < -0.3 is 25.4 Å². The van der Waals surface area contributed by atoms with Crippen molar-refractivity contribution in [3.05, 3.63) is 22.7 Å². The second kappa shape index (κ2) is 12.0. The van der Waals surface area contributed by atoms with Crippen molar-refractivity contribution < 1.29 is 19.4 Å². The van der Waals surface area contributed by atoms with Crippen molar-refractivity contribution in [3.8, 4) is 0 Å². The molecule has 1 fully saturated rings. The molecule has 1 aliphatic rings. The van der Waals surface area contributed by atoms with Crippen LogP contribution < -0.4 is 10.6 Å². The minimum absolute atomic E-state index is 0.00360. The van der Waals surface area contributed by atoms with Gasteiger partial charge in [0.1, 0.15) is 5.60 Å². The monoisotopic (exact) mass is 471 g/mol. The standard InChI is InChI=1S/C19H28BrN3O4.C2H6/c1-19(2,3)27-18(26)23-9-4-5-14(23)12-17(25)22-16-11-13(20)6-7-15(16)21-8-10-24;1-2/h6-7,11,14,21,24H,4-5,8-10,12H2,1-3H3,(H,22,25);1-2H3. The number of benzene rings is 1. The van der Waals surface area contributed by atoms with Gasteiger partial charge in [-0.15, -0.1) is 0 Å². The molecule has 1 heterocycles. The number of hydrogen-bond donors (Lipinski definition) is 3. The van der Waals surface area contributed by atoms with Crippen LogP contribution in [0.4, 0.5) is 16.2 Å². The summed E-state index contributed by atoms with van der Waals surface area (Å²) in [4.78, 5) is 26.6. The summed E-state index contributed by atoms with van der Waals surface area (Å²) in [5.74, 6) is -0.166. The van der Waals surface area contributed by atoms with Gasteiger partial charge in [0.25, 0.3) is 0 Å². The first-order valence-corrected chi connectivity index (χ1v) is 10.9. The molecule has 2 rings (SSSR count). The van der Waals surface area contributed by atoms with Crippen LogP contribution in [-0.4, -0.2) is 53.3 Å². The Morgan fingerprint density at radius 1 is 1.28 bits per heavy atom. The van der Waals surface area contributed by atoms with Crippen LogP contribution in [0.25, 0.3) is 0 Å². The molecule has 0 bridgehead atoms. The number of carbonyl (C=O) groups excluding carboxylic acids is 2. The summed E-state index contributed by atoms with van der Waals surface area (Å²) in [6, 6.07) is 5.33. The van der Waals surface area contributed by atoms with Gasteiger partial charge in [-0.2, -0.15) is 0 Å². The molecule has 3 N–H and O–H groups in total. The van der Waals surface area contributed by atoms with Crippen molar-refractivity contribution in [2.45, 2.75) is 65.5 Å². The van der Waals surface area contributed by atoms with Crippen LogP contribution in [0.15, 0.2) is 22.7 Å². The quantitative estimate of drug-likeness (QED) is 0.563. The molecular weight excluding hydrogens is 438 g/mol. The van der Waals surface area contributed by atoms with Crippen LogP contribution in [-0.2, 0) is 9.53 Å². The van der Waals surface area contributed by atoms with Gasteiger partial charge in [0.15, 0.2) is 0 Å². The van der Waals surface area contributed by atoms with Gasteiger partial charge in [-0.05, 0) is 51.8 Å². The highest BCUT2D eigenvalue weighted by Gasteiger charge is 2.33. The molecule has 8 heteroatoms. The van der Waals surface area contributed by atoms with Gasteiger partial charge in [-0.3, -0.25) is 4.79 Å². The average molecular weight is 472 g/mol. The maximum absolute atomic E-state index is 12.6. The highest BCUT2D eigenvalue weighted by Crippen LogP contribution is 2.28. The van der Waals surface area contributed by atoms with Gasteiger partial charge in [0.2, 0.25) is 5.91 Å². The van der Waals surface area contributed by atoms with Crippen molar-refractivity contribution in [2.24, 2.45) is 0 Å². The van der Waals surface area contributed by atoms with Crippen molar-refractivity contribution in [3.63, 3.8) is 0 Å². The molecule has 0 spiro atoms. The van der Waals surface area contributed by atoms with E-state index < -0.39 is 5.60 Å². The van der Waals surface area contributed by atoms with Crippen molar-refractivity contribution >= 4 is 39.3 Å². The first kappa shape index (κ1) is 25.2. The fourth-order valence-electron chi connectivity index (χ4n) is 2.99. The lowest BCUT2D eigenvalue weighted by atomic mass is 10.1. The predicted molar refractivity (Wildman–Crippen MR) is 120 cm³/mol. The van der Waals surface area contributed by atoms with Crippen LogP contribution in [0.3, 0.4) is 0 Å². The van der Waals surface area contributed by atoms with Crippen LogP contribution in [0, 0.1) is 0 Å². The number of nitrogens with one attached hydrogen (secondary N) is 2. The number of anilines is 2. The van der Waals surface area contributed by atoms with E-state index in [1.54, 1.807) is 11.0 Å². The molecule has 0 saturated carbocycles. The summed E-state index contributed by atoms with van der Waals surface area (Å²) in [6.45, 7) is 10.5. The molecule has 0 aliphatic carbocycles. The normalized spacial score (nSPS) is 16.0. The Kier molecular flexibility index (Phi) is 10.5. The van der Waals surface area contributed by atoms with Crippen molar-refractivity contribution in [1.29, 1.82) is 0 Å². The Bertz CT molecular complexity index is 676. The summed E-state index contributed by atoms with van der Waals surface area (Å²) in [7, 11) is 0. The second-order valence-electron chi connectivity index (χ2n) is 7.56. The van der Waals surface area contributed by atoms with Gasteiger partial charge in [0.05, 0.1) is 18.0 Å². The Morgan fingerprint density at radius 2 is 1.97 bits per heavy atom. The number of halogens is 1. The van der Waals surface area contributed by atoms with E-state index in [1.807, 2.05) is 46.8 Å². The highest BCUT2D eigenvalue weighted by molar-refractivity contribution is 9.10. The van der Waals surface area contributed by atoms with Crippen molar-refractivity contribution in [2.75, 3.05) is 30.3 Å². The molecule has 1 aromatic rings. The number of aliphatic hydroxyl groups is 1. The number of rotatable bonds is 6. The Morgan fingerprint density at radius 3 is 2.59 bits per heavy atom. The zero-order valence-electron chi connectivity index (χ0n) is 18.0. The molecule has 2 amide bonds. The molecule has 1 aliphatic heterocycles. The number of aliphatic hydroxyl groups excluding tert-OH is 1. The summed E-state index contributed by atoms with van der Waals surface area (Å²) >= 11 is 3.40. The third-order valence-corrected chi connectivity index (χ3v) is 4.60. The van der Waals surface area contributed by atoms with Gasteiger partial charge in [0, 0.05) is 30.0 Å². The largest absolute Gasteiger partial charge is 0.444 e. The smallest absolute Gasteiger partial charge is 0.410 e. The van der Waals surface area contributed by atoms with Crippen LogP contribution >= 0.6 is 15.9 Å². The maximum Gasteiger partial charge on any atom is 0.410 e. The fraction of sp³-hybridized carbons (Fsp3) is 0.619. The first-order valence-electron chi connectivity index (χ1n) is 10.1. The molecule has 1 saturated heterocycles. The Labute approximate surface area is 182 Å². The number of carbonyl (C=O) groups is 2. The van der Waals surface area contributed by atoms with Crippen LogP contribution in [0.1, 0.15) is 53.9 Å². The van der Waals surface area contributed by atoms with Gasteiger partial charge >= 0.3 is 6.09 Å². The minimum Gasteiger partial charge on any atom is -0.444 e. The molecular formula is C21H34BrN3O4. The number of ether oxygens (including phenoxy) is 1. The lowest BCUT2D eigenvalue weighted by Gasteiger charge is -2.28. The number of hydrogen-bond acceptors (Lipinski definition) is 5. The second-order valence-corrected chi connectivity index (χ2v) is 8.48. The maximum atomic E-state index is 12.6. The average Bonchev–Trinajstić information content (AvgIpc) is 3.09. The molecule has 1 aromatic carbocycles. The summed E-state index contributed by atoms with van der Waals surface area (Å²) in [6.07, 6.45) is 1.48. The number of nitrogens with zero attached hydrogens (tertiary/aromatic N) is 1. The summed E-state index contributed by atoms with van der Waals surface area (Å²) in [5, 5.41) is 15.0. The lowest BCUT2D eigenvalue weighted by Crippen LogP contribution is -2.41. The van der Waals surface area contributed by atoms with E-state index in [1.165, 1.54) is 0 Å². The van der Waals surface area contributed by atoms with E-state index in [0.717, 1.165) is 23.0 Å². The minimum atomic E-state index is -0.559. The van der Waals surface area contributed by atoms with E-state index in [9.17, 15) is 9.59 Å². The van der Waals surface area contributed by atoms with Crippen LogP contribution in [0.5, 0.6) is 0 Å². The molecule has 29 heavy (non-hydrogen) atoms. The summed E-state index contributed by atoms with van der Waals surface area (Å²) in [5.41, 5.74) is 0.802. The lowest BCUT2D eigenvalue weighted by molar-refractivity contribution is -0.117. The Hall–Kier alpha value is -1.80. The van der Waals surface area contributed by atoms with E-state index in [4.69, 9.17) is 9.84 Å². The zero-order chi connectivity index (χ0) is 22.0. The molecule has 7 nitrogen and oxygen atoms in total. The molecule has 0 aromatic heterocycles. The number of likely N-dealkylation sites (tertiary alicyclic amines) is 1. The molecule has 1 atom stereocenters. The van der Waals surface area contributed by atoms with Crippen LogP contribution in [0.2, 0.25) is 0 Å². The molecule has 164 valence electrons. The van der Waals surface area contributed by atoms with Gasteiger partial charge in [-0.25, -0.2) is 4.79 Å². The van der Waals surface area contributed by atoms with E-state index in [0.29, 0.717) is 18.8 Å².